The molecule has 0 aliphatic rings. The third kappa shape index (κ3) is 3.48. The fraction of sp³-hybridized carbons (Fsp3) is 0.100. The molecular weight excluding hydrogens is 348 g/mol. The van der Waals surface area contributed by atoms with Gasteiger partial charge in [-0.25, -0.2) is 9.97 Å². The number of phenolic OH excluding ortho intramolecular Hbond substituents is 1. The van der Waals surface area contributed by atoms with Crippen molar-refractivity contribution in [1.82, 2.24) is 15.0 Å². The van der Waals surface area contributed by atoms with Gasteiger partial charge in [0.2, 0.25) is 0 Å². The van der Waals surface area contributed by atoms with Crippen LogP contribution in [0.1, 0.15) is 5.56 Å². The van der Waals surface area contributed by atoms with Gasteiger partial charge in [-0.1, -0.05) is 23.7 Å². The van der Waals surface area contributed by atoms with E-state index in [-0.39, 0.29) is 5.75 Å². The molecule has 4 aromatic rings. The summed E-state index contributed by atoms with van der Waals surface area (Å²) < 4.78 is 0. The zero-order valence-corrected chi connectivity index (χ0v) is 14.7. The summed E-state index contributed by atoms with van der Waals surface area (Å²) in [5, 5.41) is 14.3. The number of H-pyrrole nitrogens is 1. The van der Waals surface area contributed by atoms with Crippen molar-refractivity contribution < 1.29 is 5.11 Å². The van der Waals surface area contributed by atoms with Gasteiger partial charge in [0.05, 0.1) is 0 Å². The molecule has 3 aromatic heterocycles. The van der Waals surface area contributed by atoms with Crippen LogP contribution in [0, 0.1) is 0 Å². The molecule has 3 N–H and O–H groups in total. The first-order valence-corrected chi connectivity index (χ1v) is 8.69. The second-order valence-electron chi connectivity index (χ2n) is 6.01. The lowest BCUT2D eigenvalue weighted by Gasteiger charge is -2.09. The van der Waals surface area contributed by atoms with Crippen LogP contribution in [0.3, 0.4) is 0 Å². The Morgan fingerprint density at radius 3 is 2.92 bits per heavy atom. The molecule has 130 valence electrons. The Morgan fingerprint density at radius 1 is 1.12 bits per heavy atom. The van der Waals surface area contributed by atoms with Crippen molar-refractivity contribution in [2.75, 3.05) is 11.9 Å². The summed E-state index contributed by atoms with van der Waals surface area (Å²) in [6, 6.07) is 15.0. The van der Waals surface area contributed by atoms with Crippen LogP contribution < -0.4 is 5.32 Å². The third-order valence-electron chi connectivity index (χ3n) is 4.19. The Kier molecular flexibility index (Phi) is 4.46. The lowest BCUT2D eigenvalue weighted by Crippen LogP contribution is -2.06. The van der Waals surface area contributed by atoms with Crippen LogP contribution in [-0.2, 0) is 6.42 Å². The number of hydrogen-bond donors (Lipinski definition) is 3. The molecule has 0 bridgehead atoms. The summed E-state index contributed by atoms with van der Waals surface area (Å²) in [6.07, 6.45) is 4.46. The molecule has 0 amide bonds. The summed E-state index contributed by atoms with van der Waals surface area (Å²) >= 11 is 6.22. The molecule has 4 rings (SSSR count). The normalized spacial score (nSPS) is 11.0. The number of rotatable bonds is 5. The lowest BCUT2D eigenvalue weighted by atomic mass is 10.1. The van der Waals surface area contributed by atoms with Gasteiger partial charge in [0.1, 0.15) is 22.4 Å². The van der Waals surface area contributed by atoms with E-state index in [1.807, 2.05) is 42.6 Å². The maximum Gasteiger partial charge on any atom is 0.137 e. The Morgan fingerprint density at radius 2 is 2.04 bits per heavy atom. The highest BCUT2D eigenvalue weighted by Gasteiger charge is 2.09. The first-order chi connectivity index (χ1) is 12.7. The lowest BCUT2D eigenvalue weighted by molar-refractivity contribution is 0.474. The Hall–Kier alpha value is -3.05. The minimum atomic E-state index is 0.276. The average molecular weight is 365 g/mol. The molecule has 0 atom stereocenters. The number of phenols is 1. The van der Waals surface area contributed by atoms with Crippen LogP contribution in [0.5, 0.6) is 5.75 Å². The van der Waals surface area contributed by atoms with Gasteiger partial charge in [0.15, 0.2) is 0 Å². The van der Waals surface area contributed by atoms with E-state index in [2.05, 4.69) is 20.3 Å². The van der Waals surface area contributed by atoms with Crippen LogP contribution in [-0.4, -0.2) is 26.6 Å². The molecule has 0 saturated heterocycles. The first kappa shape index (κ1) is 16.4. The van der Waals surface area contributed by atoms with E-state index in [1.165, 1.54) is 0 Å². The van der Waals surface area contributed by atoms with E-state index < -0.39 is 0 Å². The highest BCUT2D eigenvalue weighted by molar-refractivity contribution is 6.29. The van der Waals surface area contributed by atoms with Crippen molar-refractivity contribution in [3.8, 4) is 16.9 Å². The number of benzene rings is 1. The molecule has 1 aromatic carbocycles. The van der Waals surface area contributed by atoms with Crippen molar-refractivity contribution >= 4 is 28.5 Å². The largest absolute Gasteiger partial charge is 0.508 e. The van der Waals surface area contributed by atoms with Gasteiger partial charge in [-0.05, 0) is 53.9 Å². The Labute approximate surface area is 155 Å². The summed E-state index contributed by atoms with van der Waals surface area (Å²) in [7, 11) is 0. The van der Waals surface area contributed by atoms with E-state index in [0.29, 0.717) is 17.5 Å². The quantitative estimate of drug-likeness (QED) is 0.451. The highest BCUT2D eigenvalue weighted by Crippen LogP contribution is 2.30. The number of pyridine rings is 2. The standard InChI is InChI=1S/C20H17ClN4O/c21-18-10-14(17-12-24-20-16(17)5-2-7-23-20)11-19(25-18)22-8-6-13-3-1-4-15(26)9-13/h1-5,7,9-12,26H,6,8H2,(H,22,25)(H,23,24). The number of nitrogens with one attached hydrogen (secondary N) is 2. The molecule has 26 heavy (non-hydrogen) atoms. The van der Waals surface area contributed by atoms with Crippen LogP contribution in [0.25, 0.3) is 22.2 Å². The fourth-order valence-electron chi connectivity index (χ4n) is 2.98. The van der Waals surface area contributed by atoms with Gasteiger partial charge in [0.25, 0.3) is 0 Å². The van der Waals surface area contributed by atoms with Crippen molar-refractivity contribution in [3.63, 3.8) is 0 Å². The minimum absolute atomic E-state index is 0.276. The minimum Gasteiger partial charge on any atom is -0.508 e. The molecular formula is C20H17ClN4O. The first-order valence-electron chi connectivity index (χ1n) is 8.31. The van der Waals surface area contributed by atoms with Gasteiger partial charge in [-0.3, -0.25) is 0 Å². The number of fused-ring (bicyclic) bond motifs is 1. The van der Waals surface area contributed by atoms with E-state index in [4.69, 9.17) is 11.6 Å². The number of nitrogens with zero attached hydrogens (tertiary/aromatic N) is 2. The van der Waals surface area contributed by atoms with Crippen LogP contribution in [0.2, 0.25) is 5.15 Å². The molecule has 0 fully saturated rings. The molecule has 0 aliphatic heterocycles. The Balaban J connectivity index is 1.55. The average Bonchev–Trinajstić information content (AvgIpc) is 3.05. The molecule has 3 heterocycles. The van der Waals surface area contributed by atoms with Gasteiger partial charge in [-0.2, -0.15) is 0 Å². The van der Waals surface area contributed by atoms with E-state index in [9.17, 15) is 5.11 Å². The summed E-state index contributed by atoms with van der Waals surface area (Å²) in [5.41, 5.74) is 3.91. The smallest absolute Gasteiger partial charge is 0.137 e. The molecule has 0 saturated carbocycles. The number of hydrogen-bond acceptors (Lipinski definition) is 4. The van der Waals surface area contributed by atoms with E-state index in [1.54, 1.807) is 18.3 Å². The van der Waals surface area contributed by atoms with Crippen molar-refractivity contribution in [3.05, 3.63) is 71.6 Å². The maximum atomic E-state index is 9.54. The van der Waals surface area contributed by atoms with Crippen molar-refractivity contribution in [1.29, 1.82) is 0 Å². The molecule has 0 radical (unpaired) electrons. The van der Waals surface area contributed by atoms with E-state index >= 15 is 0 Å². The SMILES string of the molecule is Oc1cccc(CCNc2cc(-c3c[nH]c4ncccc34)cc(Cl)n2)c1. The molecule has 6 heteroatoms. The monoisotopic (exact) mass is 364 g/mol. The molecule has 0 aliphatic carbocycles. The highest BCUT2D eigenvalue weighted by atomic mass is 35.5. The van der Waals surface area contributed by atoms with Crippen LogP contribution in [0.15, 0.2) is 60.9 Å². The molecule has 0 unspecified atom stereocenters. The fourth-order valence-corrected chi connectivity index (χ4v) is 3.19. The molecule has 5 nitrogen and oxygen atoms in total. The van der Waals surface area contributed by atoms with Crippen molar-refractivity contribution in [2.24, 2.45) is 0 Å². The van der Waals surface area contributed by atoms with Crippen molar-refractivity contribution in [2.45, 2.75) is 6.42 Å². The van der Waals surface area contributed by atoms with Crippen LogP contribution in [0.4, 0.5) is 5.82 Å². The topological polar surface area (TPSA) is 73.8 Å². The summed E-state index contributed by atoms with van der Waals surface area (Å²) in [4.78, 5) is 11.9. The zero-order chi connectivity index (χ0) is 17.9. The molecule has 0 spiro atoms. The number of aromatic hydroxyl groups is 1. The zero-order valence-electron chi connectivity index (χ0n) is 13.9. The number of halogens is 1. The summed E-state index contributed by atoms with van der Waals surface area (Å²) in [6.45, 7) is 0.686. The Bertz CT molecular complexity index is 1060. The second-order valence-corrected chi connectivity index (χ2v) is 6.40. The predicted octanol–water partition coefficient (Wildman–Crippen LogP) is 4.64. The van der Waals surface area contributed by atoms with Gasteiger partial charge in [-0.15, -0.1) is 0 Å². The van der Waals surface area contributed by atoms with Gasteiger partial charge in [0, 0.05) is 29.9 Å². The predicted molar refractivity (Wildman–Crippen MR) is 105 cm³/mol. The van der Waals surface area contributed by atoms with Gasteiger partial charge < -0.3 is 15.4 Å². The number of anilines is 1. The number of aromatic amines is 1. The second kappa shape index (κ2) is 7.06. The summed E-state index contributed by atoms with van der Waals surface area (Å²) in [5.74, 6) is 0.990. The maximum absolute atomic E-state index is 9.54. The van der Waals surface area contributed by atoms with Crippen LogP contribution >= 0.6 is 11.6 Å². The van der Waals surface area contributed by atoms with E-state index in [0.717, 1.165) is 34.1 Å². The third-order valence-corrected chi connectivity index (χ3v) is 4.38. The van der Waals surface area contributed by atoms with Gasteiger partial charge >= 0.3 is 0 Å². The number of aromatic nitrogens is 3.